The van der Waals surface area contributed by atoms with Crippen molar-refractivity contribution in [2.75, 3.05) is 0 Å². The Morgan fingerprint density at radius 3 is 2.44 bits per heavy atom. The maximum Gasteiger partial charge on any atom is 0.295 e. The van der Waals surface area contributed by atoms with E-state index < -0.39 is 0 Å². The van der Waals surface area contributed by atoms with Gasteiger partial charge in [0.1, 0.15) is 5.69 Å². The van der Waals surface area contributed by atoms with Crippen LogP contribution in [0.15, 0.2) is 85.1 Å². The quantitative estimate of drug-likeness (QED) is 0.412. The zero-order chi connectivity index (χ0) is 18.4. The third-order valence-corrected chi connectivity index (χ3v) is 5.27. The van der Waals surface area contributed by atoms with E-state index in [0.29, 0.717) is 0 Å². The van der Waals surface area contributed by atoms with Crippen LogP contribution in [0, 0.1) is 6.92 Å². The molecule has 3 nitrogen and oxygen atoms in total. The van der Waals surface area contributed by atoms with E-state index in [0.717, 1.165) is 16.6 Å². The first kappa shape index (κ1) is 15.8. The number of fused-ring (bicyclic) bond motifs is 2. The largest absolute Gasteiger partial charge is 0.295 e. The van der Waals surface area contributed by atoms with Crippen LogP contribution in [0.4, 0.5) is 0 Å². The van der Waals surface area contributed by atoms with Gasteiger partial charge in [0, 0.05) is 17.6 Å². The molecule has 0 unspecified atom stereocenters. The summed E-state index contributed by atoms with van der Waals surface area (Å²) in [4.78, 5) is 4.55. The highest BCUT2D eigenvalue weighted by molar-refractivity contribution is 5.91. The van der Waals surface area contributed by atoms with Gasteiger partial charge in [-0.05, 0) is 42.8 Å². The summed E-state index contributed by atoms with van der Waals surface area (Å²) in [6.45, 7) is 2.17. The highest BCUT2D eigenvalue weighted by Gasteiger charge is 2.27. The fourth-order valence-electron chi connectivity index (χ4n) is 3.96. The molecule has 0 fully saturated rings. The Hall–Kier alpha value is -3.46. The Morgan fingerprint density at radius 1 is 0.815 bits per heavy atom. The normalized spacial score (nSPS) is 11.3. The Kier molecular flexibility index (Phi) is 3.54. The molecule has 5 rings (SSSR count). The summed E-state index contributed by atoms with van der Waals surface area (Å²) in [6.07, 6.45) is 1.90. The van der Waals surface area contributed by atoms with E-state index in [1.807, 2.05) is 12.3 Å². The predicted molar refractivity (Wildman–Crippen MR) is 110 cm³/mol. The van der Waals surface area contributed by atoms with E-state index in [1.54, 1.807) is 0 Å². The molecule has 5 aromatic rings. The first-order chi connectivity index (χ1) is 13.3. The average molecular weight is 350 g/mol. The molecule has 0 aliphatic rings. The maximum absolute atomic E-state index is 4.55. The predicted octanol–water partition coefficient (Wildman–Crippen LogP) is 4.98. The molecule has 0 aliphatic heterocycles. The van der Waals surface area contributed by atoms with Crippen LogP contribution in [0.2, 0.25) is 0 Å². The molecule has 2 heterocycles. The SMILES string of the molecule is Cc1ccccc1-c1n(-c2ccnc3ccccc23)c2ccccc2[n+]1C. The van der Waals surface area contributed by atoms with Crippen molar-refractivity contribution >= 4 is 21.9 Å². The minimum Gasteiger partial charge on any atom is -0.256 e. The van der Waals surface area contributed by atoms with E-state index in [2.05, 4.69) is 101 Å². The molecular weight excluding hydrogens is 330 g/mol. The number of aryl methyl sites for hydroxylation is 2. The molecule has 0 aliphatic carbocycles. The van der Waals surface area contributed by atoms with Crippen molar-refractivity contribution in [3.05, 3.63) is 90.6 Å². The van der Waals surface area contributed by atoms with Gasteiger partial charge in [0.05, 0.1) is 18.1 Å². The molecule has 3 aromatic carbocycles. The highest BCUT2D eigenvalue weighted by Crippen LogP contribution is 2.31. The van der Waals surface area contributed by atoms with Gasteiger partial charge in [0.15, 0.2) is 11.0 Å². The maximum atomic E-state index is 4.55. The molecule has 0 bridgehead atoms. The second-order valence-electron chi connectivity index (χ2n) is 6.87. The van der Waals surface area contributed by atoms with Crippen molar-refractivity contribution in [3.63, 3.8) is 0 Å². The molecule has 0 atom stereocenters. The van der Waals surface area contributed by atoms with Crippen LogP contribution in [0.5, 0.6) is 0 Å². The van der Waals surface area contributed by atoms with E-state index in [-0.39, 0.29) is 0 Å². The van der Waals surface area contributed by atoms with E-state index in [1.165, 1.54) is 28.0 Å². The lowest BCUT2D eigenvalue weighted by Crippen LogP contribution is -2.30. The second kappa shape index (κ2) is 6.06. The summed E-state index contributed by atoms with van der Waals surface area (Å²) in [6, 6.07) is 27.6. The molecule has 0 radical (unpaired) electrons. The fourth-order valence-corrected chi connectivity index (χ4v) is 3.96. The zero-order valence-corrected chi connectivity index (χ0v) is 15.4. The van der Waals surface area contributed by atoms with Crippen molar-refractivity contribution in [1.82, 2.24) is 9.55 Å². The number of imidazole rings is 1. The van der Waals surface area contributed by atoms with E-state index in [4.69, 9.17) is 0 Å². The van der Waals surface area contributed by atoms with Crippen LogP contribution in [0.3, 0.4) is 0 Å². The molecule has 0 saturated heterocycles. The van der Waals surface area contributed by atoms with Gasteiger partial charge in [-0.25, -0.2) is 4.57 Å². The number of para-hydroxylation sites is 3. The van der Waals surface area contributed by atoms with Crippen molar-refractivity contribution < 1.29 is 4.57 Å². The Balaban J connectivity index is 1.98. The molecule has 130 valence electrons. The summed E-state index contributed by atoms with van der Waals surface area (Å²) in [5.41, 5.74) is 7.04. The molecule has 0 amide bonds. The third kappa shape index (κ3) is 2.36. The van der Waals surface area contributed by atoms with Gasteiger partial charge in [-0.2, -0.15) is 4.57 Å². The molecule has 0 saturated carbocycles. The summed E-state index contributed by atoms with van der Waals surface area (Å²) >= 11 is 0. The van der Waals surface area contributed by atoms with Crippen LogP contribution in [0.25, 0.3) is 39.0 Å². The Labute approximate surface area is 158 Å². The third-order valence-electron chi connectivity index (χ3n) is 5.27. The standard InChI is InChI=1S/C24H20N3/c1-17-9-3-4-10-18(17)24-26(2)22-13-7-8-14-23(22)27(24)21-15-16-25-20-12-6-5-11-19(20)21/h3-16H,1-2H3/q+1. The van der Waals surface area contributed by atoms with Gasteiger partial charge < -0.3 is 0 Å². The number of pyridine rings is 1. The molecule has 3 heteroatoms. The molecule has 0 N–H and O–H groups in total. The molecule has 2 aromatic heterocycles. The number of hydrogen-bond acceptors (Lipinski definition) is 1. The minimum absolute atomic E-state index is 1.01. The lowest BCUT2D eigenvalue weighted by atomic mass is 10.1. The van der Waals surface area contributed by atoms with Gasteiger partial charge in [-0.1, -0.05) is 42.5 Å². The smallest absolute Gasteiger partial charge is 0.256 e. The van der Waals surface area contributed by atoms with Crippen LogP contribution in [0.1, 0.15) is 5.56 Å². The summed E-state index contributed by atoms with van der Waals surface area (Å²) in [5.74, 6) is 1.17. The van der Waals surface area contributed by atoms with Crippen molar-refractivity contribution in [1.29, 1.82) is 0 Å². The highest BCUT2D eigenvalue weighted by atomic mass is 15.2. The number of rotatable bonds is 2. The van der Waals surface area contributed by atoms with E-state index >= 15 is 0 Å². The van der Waals surface area contributed by atoms with Crippen LogP contribution in [-0.4, -0.2) is 9.55 Å². The van der Waals surface area contributed by atoms with Gasteiger partial charge in [-0.15, -0.1) is 0 Å². The average Bonchev–Trinajstić information content (AvgIpc) is 3.00. The lowest BCUT2D eigenvalue weighted by molar-refractivity contribution is -0.633. The van der Waals surface area contributed by atoms with Gasteiger partial charge in [0.25, 0.3) is 5.82 Å². The number of hydrogen-bond donors (Lipinski definition) is 0. The molecular formula is C24H20N3+. The first-order valence-electron chi connectivity index (χ1n) is 9.15. The molecule has 0 spiro atoms. The van der Waals surface area contributed by atoms with E-state index in [9.17, 15) is 0 Å². The number of aromatic nitrogens is 3. The second-order valence-corrected chi connectivity index (χ2v) is 6.87. The molecule has 27 heavy (non-hydrogen) atoms. The van der Waals surface area contributed by atoms with Crippen LogP contribution in [-0.2, 0) is 7.05 Å². The van der Waals surface area contributed by atoms with Crippen LogP contribution >= 0.6 is 0 Å². The Morgan fingerprint density at radius 2 is 1.56 bits per heavy atom. The van der Waals surface area contributed by atoms with Gasteiger partial charge in [-0.3, -0.25) is 4.98 Å². The fraction of sp³-hybridized carbons (Fsp3) is 0.0833. The minimum atomic E-state index is 1.01. The summed E-state index contributed by atoms with van der Waals surface area (Å²) in [5, 5.41) is 1.15. The summed E-state index contributed by atoms with van der Waals surface area (Å²) < 4.78 is 4.65. The van der Waals surface area contributed by atoms with Crippen molar-refractivity contribution in [2.24, 2.45) is 7.05 Å². The first-order valence-corrected chi connectivity index (χ1v) is 9.15. The zero-order valence-electron chi connectivity index (χ0n) is 15.4. The Bertz CT molecular complexity index is 1290. The lowest BCUT2D eigenvalue weighted by Gasteiger charge is -2.08. The van der Waals surface area contributed by atoms with Gasteiger partial charge in [0.2, 0.25) is 0 Å². The number of benzene rings is 3. The van der Waals surface area contributed by atoms with Crippen molar-refractivity contribution in [3.8, 4) is 17.1 Å². The van der Waals surface area contributed by atoms with Crippen molar-refractivity contribution in [2.45, 2.75) is 6.92 Å². The summed E-state index contributed by atoms with van der Waals surface area (Å²) in [7, 11) is 2.14. The van der Waals surface area contributed by atoms with Crippen LogP contribution < -0.4 is 4.57 Å². The van der Waals surface area contributed by atoms with Gasteiger partial charge >= 0.3 is 0 Å². The number of nitrogens with zero attached hydrogens (tertiary/aromatic N) is 3. The topological polar surface area (TPSA) is 21.7 Å². The monoisotopic (exact) mass is 350 g/mol.